The van der Waals surface area contributed by atoms with Gasteiger partial charge in [-0.25, -0.2) is 4.79 Å². The summed E-state index contributed by atoms with van der Waals surface area (Å²) in [5.41, 5.74) is 0.926. The first kappa shape index (κ1) is 21.7. The molecule has 0 aromatic rings. The van der Waals surface area contributed by atoms with Gasteiger partial charge in [-0.3, -0.25) is 9.59 Å². The van der Waals surface area contributed by atoms with E-state index in [0.717, 1.165) is 5.57 Å². The standard InChI is InChI=1S/C20H30N2O4/c1-5-18(23)21-16(12-15-9-7-6-8-14(4)11-15)19(24)22-17(20(25)26)10-13(2)3/h6-9,11,13-14,16-17H,5,10,12H2,1-4H3,(H,21,23)(H,22,24)(H,25,26). The fraction of sp³-hybridized carbons (Fsp3) is 0.550. The fourth-order valence-electron chi connectivity index (χ4n) is 2.71. The molecule has 6 heteroatoms. The minimum absolute atomic E-state index is 0.125. The van der Waals surface area contributed by atoms with Gasteiger partial charge < -0.3 is 15.7 Å². The van der Waals surface area contributed by atoms with Crippen molar-refractivity contribution in [1.29, 1.82) is 0 Å². The highest BCUT2D eigenvalue weighted by Gasteiger charge is 2.27. The number of nitrogens with one attached hydrogen (secondary N) is 2. The maximum Gasteiger partial charge on any atom is 0.326 e. The van der Waals surface area contributed by atoms with Gasteiger partial charge in [-0.2, -0.15) is 0 Å². The lowest BCUT2D eigenvalue weighted by Crippen LogP contribution is -2.52. The van der Waals surface area contributed by atoms with E-state index in [2.05, 4.69) is 10.6 Å². The van der Waals surface area contributed by atoms with Crippen molar-refractivity contribution in [2.75, 3.05) is 0 Å². The van der Waals surface area contributed by atoms with Gasteiger partial charge in [-0.15, -0.1) is 0 Å². The molecule has 3 N–H and O–H groups in total. The number of rotatable bonds is 9. The SMILES string of the molecule is CCC(=O)NC(CC1=CC(C)C=CC=C1)C(=O)NC(CC(C)C)C(=O)O. The average molecular weight is 362 g/mol. The lowest BCUT2D eigenvalue weighted by atomic mass is 9.99. The summed E-state index contributed by atoms with van der Waals surface area (Å²) in [5, 5.41) is 14.6. The normalized spacial score (nSPS) is 18.7. The van der Waals surface area contributed by atoms with Crippen LogP contribution in [-0.2, 0) is 14.4 Å². The number of carbonyl (C=O) groups excluding carboxylic acids is 2. The van der Waals surface area contributed by atoms with Gasteiger partial charge >= 0.3 is 5.97 Å². The van der Waals surface area contributed by atoms with Crippen molar-refractivity contribution >= 4 is 17.8 Å². The molecule has 0 aliphatic heterocycles. The molecule has 0 aromatic heterocycles. The van der Waals surface area contributed by atoms with Gasteiger partial charge in [0.25, 0.3) is 0 Å². The van der Waals surface area contributed by atoms with Crippen LogP contribution in [0.2, 0.25) is 0 Å². The topological polar surface area (TPSA) is 95.5 Å². The Morgan fingerprint density at radius 3 is 2.42 bits per heavy atom. The molecule has 0 aromatic carbocycles. The Labute approximate surface area is 155 Å². The number of hydrogen-bond donors (Lipinski definition) is 3. The maximum atomic E-state index is 12.7. The molecule has 2 amide bonds. The molecule has 3 atom stereocenters. The summed E-state index contributed by atoms with van der Waals surface area (Å²) in [6.07, 6.45) is 10.7. The van der Waals surface area contributed by atoms with Gasteiger partial charge in [0.2, 0.25) is 11.8 Å². The smallest absolute Gasteiger partial charge is 0.326 e. The molecule has 0 radical (unpaired) electrons. The van der Waals surface area contributed by atoms with Crippen LogP contribution in [0, 0.1) is 11.8 Å². The van der Waals surface area contributed by atoms with E-state index in [4.69, 9.17) is 0 Å². The summed E-state index contributed by atoms with van der Waals surface area (Å²) >= 11 is 0. The Bertz CT molecular complexity index is 605. The van der Waals surface area contributed by atoms with Crippen LogP contribution >= 0.6 is 0 Å². The summed E-state index contributed by atoms with van der Waals surface area (Å²) in [7, 11) is 0. The molecule has 0 saturated heterocycles. The first-order valence-corrected chi connectivity index (χ1v) is 9.11. The second-order valence-corrected chi connectivity index (χ2v) is 7.05. The van der Waals surface area contributed by atoms with E-state index in [1.54, 1.807) is 6.92 Å². The number of amides is 2. The molecule has 0 bridgehead atoms. The van der Waals surface area contributed by atoms with Crippen LogP contribution < -0.4 is 10.6 Å². The third-order valence-corrected chi connectivity index (χ3v) is 4.05. The summed E-state index contributed by atoms with van der Waals surface area (Å²) in [6.45, 7) is 7.54. The van der Waals surface area contributed by atoms with Crippen LogP contribution in [0.15, 0.2) is 36.0 Å². The lowest BCUT2D eigenvalue weighted by Gasteiger charge is -2.23. The van der Waals surface area contributed by atoms with Crippen molar-refractivity contribution in [3.05, 3.63) is 36.0 Å². The van der Waals surface area contributed by atoms with Crippen molar-refractivity contribution in [3.8, 4) is 0 Å². The van der Waals surface area contributed by atoms with Crippen LogP contribution in [0.4, 0.5) is 0 Å². The zero-order valence-electron chi connectivity index (χ0n) is 16.0. The van der Waals surface area contributed by atoms with Gasteiger partial charge in [0.1, 0.15) is 12.1 Å². The summed E-state index contributed by atoms with van der Waals surface area (Å²) < 4.78 is 0. The zero-order valence-corrected chi connectivity index (χ0v) is 16.0. The van der Waals surface area contributed by atoms with Gasteiger partial charge in [-0.05, 0) is 23.8 Å². The van der Waals surface area contributed by atoms with Crippen LogP contribution in [0.25, 0.3) is 0 Å². The molecule has 144 valence electrons. The Morgan fingerprint density at radius 2 is 1.85 bits per heavy atom. The molecular weight excluding hydrogens is 332 g/mol. The van der Waals surface area contributed by atoms with Crippen molar-refractivity contribution in [2.45, 2.75) is 59.0 Å². The van der Waals surface area contributed by atoms with E-state index in [-0.39, 0.29) is 24.2 Å². The Morgan fingerprint density at radius 1 is 1.15 bits per heavy atom. The molecule has 1 rings (SSSR count). The van der Waals surface area contributed by atoms with Gasteiger partial charge in [0.15, 0.2) is 0 Å². The van der Waals surface area contributed by atoms with Crippen LogP contribution in [0.3, 0.4) is 0 Å². The summed E-state index contributed by atoms with van der Waals surface area (Å²) in [6, 6.07) is -1.78. The van der Waals surface area contributed by atoms with Crippen LogP contribution in [0.5, 0.6) is 0 Å². The number of aliphatic carboxylic acids is 1. The number of carbonyl (C=O) groups is 3. The van der Waals surface area contributed by atoms with Crippen LogP contribution in [0.1, 0.15) is 47.0 Å². The molecular formula is C20H30N2O4. The lowest BCUT2D eigenvalue weighted by molar-refractivity contribution is -0.142. The largest absolute Gasteiger partial charge is 0.480 e. The second-order valence-electron chi connectivity index (χ2n) is 7.05. The highest BCUT2D eigenvalue weighted by molar-refractivity contribution is 5.90. The minimum Gasteiger partial charge on any atom is -0.480 e. The molecule has 0 spiro atoms. The summed E-state index contributed by atoms with van der Waals surface area (Å²) in [5.74, 6) is -1.44. The first-order chi connectivity index (χ1) is 12.2. The number of carboxylic acids is 1. The minimum atomic E-state index is -1.07. The van der Waals surface area contributed by atoms with Gasteiger partial charge in [0.05, 0.1) is 0 Å². The highest BCUT2D eigenvalue weighted by Crippen LogP contribution is 2.16. The van der Waals surface area contributed by atoms with Crippen molar-refractivity contribution in [2.24, 2.45) is 11.8 Å². The van der Waals surface area contributed by atoms with Gasteiger partial charge in [0, 0.05) is 12.8 Å². The third kappa shape index (κ3) is 7.68. The molecule has 0 heterocycles. The summed E-state index contributed by atoms with van der Waals surface area (Å²) in [4.78, 5) is 35.9. The van der Waals surface area contributed by atoms with E-state index in [1.165, 1.54) is 0 Å². The number of hydrogen-bond acceptors (Lipinski definition) is 3. The quantitative estimate of drug-likeness (QED) is 0.587. The Balaban J connectivity index is 2.92. The third-order valence-electron chi connectivity index (χ3n) is 4.05. The second kappa shape index (κ2) is 10.6. The van der Waals surface area contributed by atoms with E-state index in [9.17, 15) is 19.5 Å². The van der Waals surface area contributed by atoms with E-state index < -0.39 is 24.0 Å². The average Bonchev–Trinajstić information content (AvgIpc) is 2.76. The highest BCUT2D eigenvalue weighted by atomic mass is 16.4. The van der Waals surface area contributed by atoms with Crippen molar-refractivity contribution < 1.29 is 19.5 Å². The van der Waals surface area contributed by atoms with Crippen molar-refractivity contribution in [1.82, 2.24) is 10.6 Å². The molecule has 0 fully saturated rings. The maximum absolute atomic E-state index is 12.7. The van der Waals surface area contributed by atoms with E-state index in [0.29, 0.717) is 12.8 Å². The Hall–Kier alpha value is -2.37. The monoisotopic (exact) mass is 362 g/mol. The number of allylic oxidation sites excluding steroid dienone is 5. The predicted molar refractivity (Wildman–Crippen MR) is 101 cm³/mol. The van der Waals surface area contributed by atoms with Gasteiger partial charge in [-0.1, -0.05) is 58.1 Å². The molecule has 0 saturated carbocycles. The van der Waals surface area contributed by atoms with Crippen molar-refractivity contribution in [3.63, 3.8) is 0 Å². The molecule has 3 unspecified atom stereocenters. The van der Waals surface area contributed by atoms with E-state index >= 15 is 0 Å². The Kier molecular flexibility index (Phi) is 8.82. The molecule has 1 aliphatic carbocycles. The number of carboxylic acid groups (broad SMARTS) is 1. The fourth-order valence-corrected chi connectivity index (χ4v) is 2.71. The predicted octanol–water partition coefficient (Wildman–Crippen LogP) is 2.58. The first-order valence-electron chi connectivity index (χ1n) is 9.11. The zero-order chi connectivity index (χ0) is 19.7. The molecule has 6 nitrogen and oxygen atoms in total. The molecule has 1 aliphatic rings. The molecule has 26 heavy (non-hydrogen) atoms. The van der Waals surface area contributed by atoms with E-state index in [1.807, 2.05) is 51.2 Å². The van der Waals surface area contributed by atoms with Crippen LogP contribution in [-0.4, -0.2) is 35.0 Å².